The number of aromatic amines is 1. The zero-order valence-electron chi connectivity index (χ0n) is 15.3. The van der Waals surface area contributed by atoms with Crippen LogP contribution in [0.1, 0.15) is 18.7 Å². The van der Waals surface area contributed by atoms with Crippen molar-refractivity contribution >= 4 is 22.6 Å². The molecule has 1 aromatic carbocycles. The van der Waals surface area contributed by atoms with E-state index in [-0.39, 0.29) is 11.6 Å². The second-order valence-electron chi connectivity index (χ2n) is 6.59. The van der Waals surface area contributed by atoms with E-state index in [9.17, 15) is 8.78 Å². The van der Waals surface area contributed by atoms with Crippen LogP contribution in [0.2, 0.25) is 0 Å². The fourth-order valence-electron chi connectivity index (χ4n) is 3.41. The van der Waals surface area contributed by atoms with Crippen LogP contribution < -0.4 is 5.32 Å². The highest BCUT2D eigenvalue weighted by Gasteiger charge is 2.23. The third-order valence-electron chi connectivity index (χ3n) is 4.73. The number of H-pyrrole nitrogens is 1. The highest BCUT2D eigenvalue weighted by molar-refractivity contribution is 5.82. The monoisotopic (exact) mass is 391 g/mol. The highest BCUT2D eigenvalue weighted by atomic mass is 19.1. The van der Waals surface area contributed by atoms with Gasteiger partial charge in [-0.15, -0.1) is 0 Å². The van der Waals surface area contributed by atoms with Crippen molar-refractivity contribution < 1.29 is 8.78 Å². The quantitative estimate of drug-likeness (QED) is 0.482. The molecule has 0 aliphatic heterocycles. The van der Waals surface area contributed by atoms with Gasteiger partial charge < -0.3 is 10.3 Å². The van der Waals surface area contributed by atoms with E-state index in [1.165, 1.54) is 18.7 Å². The highest BCUT2D eigenvalue weighted by Crippen LogP contribution is 2.33. The molecular formula is C20H15F2N7. The molecule has 1 unspecified atom stereocenters. The second-order valence-corrected chi connectivity index (χ2v) is 6.59. The Hall–Kier alpha value is -3.88. The Bertz CT molecular complexity index is 1340. The molecule has 2 N–H and O–H groups in total. The number of halogens is 2. The third kappa shape index (κ3) is 2.87. The molecule has 144 valence electrons. The molecule has 29 heavy (non-hydrogen) atoms. The van der Waals surface area contributed by atoms with Gasteiger partial charge in [0.25, 0.3) is 0 Å². The van der Waals surface area contributed by atoms with Gasteiger partial charge in [-0.3, -0.25) is 4.40 Å². The van der Waals surface area contributed by atoms with Gasteiger partial charge in [0.05, 0.1) is 23.8 Å². The topological polar surface area (TPSA) is 83.8 Å². The number of pyridine rings is 1. The van der Waals surface area contributed by atoms with Crippen molar-refractivity contribution in [3.63, 3.8) is 0 Å². The number of nitrogens with zero attached hydrogens (tertiary/aromatic N) is 5. The van der Waals surface area contributed by atoms with Crippen molar-refractivity contribution in [1.29, 1.82) is 0 Å². The Morgan fingerprint density at radius 1 is 1.10 bits per heavy atom. The summed E-state index contributed by atoms with van der Waals surface area (Å²) in [6.07, 6.45) is 4.72. The van der Waals surface area contributed by atoms with Crippen molar-refractivity contribution in [2.75, 3.05) is 5.32 Å². The van der Waals surface area contributed by atoms with Crippen LogP contribution in [0.25, 0.3) is 28.1 Å². The number of aromatic nitrogens is 6. The standard InChI is InChI=1S/C20H15F2N7/c1-11(27-20-17-19(24-9-23-17)25-10-26-20)16-18(13-8-12(21)5-6-14(13)22)29-7-3-2-4-15(29)28-16/h2-11H,1H3,(H2,23,24,25,26,27). The van der Waals surface area contributed by atoms with Crippen molar-refractivity contribution in [3.8, 4) is 11.3 Å². The Morgan fingerprint density at radius 3 is 2.90 bits per heavy atom. The predicted molar refractivity (Wildman–Crippen MR) is 104 cm³/mol. The first-order chi connectivity index (χ1) is 14.1. The summed E-state index contributed by atoms with van der Waals surface area (Å²) in [4.78, 5) is 20.2. The van der Waals surface area contributed by atoms with Crippen LogP contribution in [-0.4, -0.2) is 29.3 Å². The molecule has 5 aromatic rings. The number of nitrogens with one attached hydrogen (secondary N) is 2. The molecule has 7 nitrogen and oxygen atoms in total. The Balaban J connectivity index is 1.66. The van der Waals surface area contributed by atoms with Gasteiger partial charge in [0.1, 0.15) is 29.1 Å². The fourth-order valence-corrected chi connectivity index (χ4v) is 3.41. The van der Waals surface area contributed by atoms with Crippen LogP contribution in [0.15, 0.2) is 55.2 Å². The molecule has 0 aliphatic carbocycles. The van der Waals surface area contributed by atoms with Gasteiger partial charge in [-0.2, -0.15) is 0 Å². The van der Waals surface area contributed by atoms with Crippen molar-refractivity contribution in [2.24, 2.45) is 0 Å². The minimum Gasteiger partial charge on any atom is -0.360 e. The summed E-state index contributed by atoms with van der Waals surface area (Å²) in [6, 6.07) is 8.50. The average molecular weight is 391 g/mol. The van der Waals surface area contributed by atoms with E-state index in [1.807, 2.05) is 25.1 Å². The van der Waals surface area contributed by atoms with Crippen molar-refractivity contribution in [2.45, 2.75) is 13.0 Å². The van der Waals surface area contributed by atoms with Gasteiger partial charge in [-0.05, 0) is 37.3 Å². The van der Waals surface area contributed by atoms with Crippen LogP contribution in [-0.2, 0) is 0 Å². The lowest BCUT2D eigenvalue weighted by atomic mass is 10.1. The normalized spacial score (nSPS) is 12.5. The minimum atomic E-state index is -0.525. The van der Waals surface area contributed by atoms with E-state index < -0.39 is 11.6 Å². The molecule has 0 spiro atoms. The second kappa shape index (κ2) is 6.62. The lowest BCUT2D eigenvalue weighted by Crippen LogP contribution is -2.11. The van der Waals surface area contributed by atoms with Gasteiger partial charge in [-0.25, -0.2) is 28.7 Å². The number of benzene rings is 1. The summed E-state index contributed by atoms with van der Waals surface area (Å²) in [6.45, 7) is 1.88. The predicted octanol–water partition coefficient (Wildman–Crippen LogP) is 4.12. The number of rotatable bonds is 4. The Morgan fingerprint density at radius 2 is 2.00 bits per heavy atom. The van der Waals surface area contributed by atoms with Gasteiger partial charge in [0.2, 0.25) is 0 Å². The molecule has 0 aliphatic rings. The SMILES string of the molecule is CC(Nc1ncnc2nc[nH]c12)c1nc2ccccn2c1-c1cc(F)ccc1F. The van der Waals surface area contributed by atoms with Crippen molar-refractivity contribution in [1.82, 2.24) is 29.3 Å². The molecule has 0 saturated carbocycles. The Labute approximate surface area is 163 Å². The van der Waals surface area contributed by atoms with E-state index >= 15 is 0 Å². The van der Waals surface area contributed by atoms with Gasteiger partial charge in [0.15, 0.2) is 11.5 Å². The zero-order valence-corrected chi connectivity index (χ0v) is 15.3. The smallest absolute Gasteiger partial charge is 0.182 e. The molecule has 9 heteroatoms. The molecule has 0 fully saturated rings. The molecule has 4 aromatic heterocycles. The van der Waals surface area contributed by atoms with E-state index in [2.05, 4.69) is 30.2 Å². The van der Waals surface area contributed by atoms with Gasteiger partial charge >= 0.3 is 0 Å². The van der Waals surface area contributed by atoms with Crippen LogP contribution in [0.4, 0.5) is 14.6 Å². The number of anilines is 1. The minimum absolute atomic E-state index is 0.140. The van der Waals surface area contributed by atoms with Crippen LogP contribution in [0.5, 0.6) is 0 Å². The number of imidazole rings is 2. The molecule has 0 radical (unpaired) electrons. The summed E-state index contributed by atoms with van der Waals surface area (Å²) < 4.78 is 30.3. The maximum atomic E-state index is 14.6. The number of fused-ring (bicyclic) bond motifs is 2. The fraction of sp³-hybridized carbons (Fsp3) is 0.100. The number of hydrogen-bond donors (Lipinski definition) is 2. The molecule has 4 heterocycles. The first kappa shape index (κ1) is 17.2. The lowest BCUT2D eigenvalue weighted by Gasteiger charge is -2.15. The molecule has 1 atom stereocenters. The first-order valence-electron chi connectivity index (χ1n) is 8.95. The Kier molecular flexibility index (Phi) is 3.94. The zero-order chi connectivity index (χ0) is 20.0. The molecule has 0 bridgehead atoms. The maximum absolute atomic E-state index is 14.6. The lowest BCUT2D eigenvalue weighted by molar-refractivity contribution is 0.602. The van der Waals surface area contributed by atoms with Crippen LogP contribution in [0.3, 0.4) is 0 Å². The average Bonchev–Trinajstić information content (AvgIpc) is 3.35. The maximum Gasteiger partial charge on any atom is 0.182 e. The summed E-state index contributed by atoms with van der Waals surface area (Å²) in [5.74, 6) is -0.500. The van der Waals surface area contributed by atoms with E-state index in [0.717, 1.165) is 12.1 Å². The first-order valence-corrected chi connectivity index (χ1v) is 8.95. The van der Waals surface area contributed by atoms with E-state index in [4.69, 9.17) is 0 Å². The molecule has 0 saturated heterocycles. The van der Waals surface area contributed by atoms with Crippen LogP contribution >= 0.6 is 0 Å². The molecular weight excluding hydrogens is 376 g/mol. The van der Waals surface area contributed by atoms with Gasteiger partial charge in [-0.1, -0.05) is 6.07 Å². The largest absolute Gasteiger partial charge is 0.360 e. The summed E-state index contributed by atoms with van der Waals surface area (Å²) in [7, 11) is 0. The summed E-state index contributed by atoms with van der Waals surface area (Å²) in [5.41, 5.74) is 2.99. The van der Waals surface area contributed by atoms with E-state index in [0.29, 0.717) is 34.0 Å². The number of hydrogen-bond acceptors (Lipinski definition) is 5. The summed E-state index contributed by atoms with van der Waals surface area (Å²) in [5, 5.41) is 3.28. The molecule has 5 rings (SSSR count). The van der Waals surface area contributed by atoms with E-state index in [1.54, 1.807) is 10.6 Å². The van der Waals surface area contributed by atoms with Crippen LogP contribution in [0, 0.1) is 11.6 Å². The summed E-state index contributed by atoms with van der Waals surface area (Å²) >= 11 is 0. The molecule has 0 amide bonds. The third-order valence-corrected chi connectivity index (χ3v) is 4.73. The van der Waals surface area contributed by atoms with Gasteiger partial charge in [0, 0.05) is 11.8 Å². The van der Waals surface area contributed by atoms with Crippen molar-refractivity contribution in [3.05, 3.63) is 72.6 Å².